The average molecular weight is 351 g/mol. The number of nitrogens with one attached hydrogen (secondary N) is 2. The second kappa shape index (κ2) is 8.66. The van der Waals surface area contributed by atoms with Crippen LogP contribution in [0, 0.1) is 5.82 Å². The third-order valence-corrected chi connectivity index (χ3v) is 3.70. The molecular weight excluding hydrogens is 333 g/mol. The van der Waals surface area contributed by atoms with Crippen molar-refractivity contribution in [1.82, 2.24) is 20.3 Å². The van der Waals surface area contributed by atoms with E-state index < -0.39 is 0 Å². The molecular formula is C19H18FN5O. The molecule has 3 rings (SSSR count). The van der Waals surface area contributed by atoms with E-state index >= 15 is 0 Å². The Morgan fingerprint density at radius 3 is 2.46 bits per heavy atom. The molecule has 0 radical (unpaired) electrons. The summed E-state index contributed by atoms with van der Waals surface area (Å²) in [6, 6.07) is 10.0. The van der Waals surface area contributed by atoms with Crippen LogP contribution in [0.3, 0.4) is 0 Å². The molecule has 2 heterocycles. The van der Waals surface area contributed by atoms with Crippen LogP contribution in [0.2, 0.25) is 0 Å². The fourth-order valence-corrected chi connectivity index (χ4v) is 2.29. The second-order valence-electron chi connectivity index (χ2n) is 5.64. The normalized spacial score (nSPS) is 10.3. The van der Waals surface area contributed by atoms with Gasteiger partial charge in [0.25, 0.3) is 5.91 Å². The molecule has 0 aliphatic carbocycles. The van der Waals surface area contributed by atoms with Gasteiger partial charge in [0.1, 0.15) is 5.82 Å². The van der Waals surface area contributed by atoms with Gasteiger partial charge in [-0.1, -0.05) is 18.2 Å². The predicted molar refractivity (Wildman–Crippen MR) is 96.0 cm³/mol. The van der Waals surface area contributed by atoms with Crippen molar-refractivity contribution in [3.05, 3.63) is 83.7 Å². The quantitative estimate of drug-likeness (QED) is 0.684. The Bertz CT molecular complexity index is 838. The first-order valence-corrected chi connectivity index (χ1v) is 8.18. The Labute approximate surface area is 150 Å². The lowest BCUT2D eigenvalue weighted by molar-refractivity contribution is 0.0953. The van der Waals surface area contributed by atoms with E-state index in [4.69, 9.17) is 0 Å². The molecule has 26 heavy (non-hydrogen) atoms. The standard InChI is InChI=1S/C19H18FN5O/c20-17-5-3-14(4-6-17)7-9-22-18(26)16-12-24-19(25-13-16)23-11-15-2-1-8-21-10-15/h1-6,8,10,12-13H,7,9,11H2,(H,22,26)(H,23,24,25). The maximum absolute atomic E-state index is 12.9. The van der Waals surface area contributed by atoms with Gasteiger partial charge < -0.3 is 10.6 Å². The third kappa shape index (κ3) is 5.07. The minimum Gasteiger partial charge on any atom is -0.352 e. The minimum atomic E-state index is -0.271. The maximum Gasteiger partial charge on any atom is 0.254 e. The van der Waals surface area contributed by atoms with Crippen LogP contribution in [0.25, 0.3) is 0 Å². The van der Waals surface area contributed by atoms with Crippen molar-refractivity contribution in [2.45, 2.75) is 13.0 Å². The number of carbonyl (C=O) groups excluding carboxylic acids is 1. The van der Waals surface area contributed by atoms with E-state index in [1.165, 1.54) is 24.5 Å². The molecule has 0 unspecified atom stereocenters. The summed E-state index contributed by atoms with van der Waals surface area (Å²) in [7, 11) is 0. The Kier molecular flexibility index (Phi) is 5.82. The van der Waals surface area contributed by atoms with Crippen molar-refractivity contribution in [1.29, 1.82) is 0 Å². The minimum absolute atomic E-state index is 0.245. The summed E-state index contributed by atoms with van der Waals surface area (Å²) in [6.07, 6.45) is 7.05. The summed E-state index contributed by atoms with van der Waals surface area (Å²) in [5, 5.41) is 5.87. The van der Waals surface area contributed by atoms with Gasteiger partial charge in [0.15, 0.2) is 0 Å². The number of aromatic nitrogens is 3. The number of rotatable bonds is 7. The van der Waals surface area contributed by atoms with Crippen LogP contribution < -0.4 is 10.6 Å². The molecule has 2 aromatic heterocycles. The van der Waals surface area contributed by atoms with Crippen molar-refractivity contribution in [2.75, 3.05) is 11.9 Å². The first-order valence-electron chi connectivity index (χ1n) is 8.18. The first kappa shape index (κ1) is 17.5. The van der Waals surface area contributed by atoms with Crippen molar-refractivity contribution in [3.8, 4) is 0 Å². The zero-order chi connectivity index (χ0) is 18.2. The molecule has 1 amide bonds. The van der Waals surface area contributed by atoms with Crippen molar-refractivity contribution < 1.29 is 9.18 Å². The lowest BCUT2D eigenvalue weighted by atomic mass is 10.1. The van der Waals surface area contributed by atoms with Crippen LogP contribution in [-0.4, -0.2) is 27.4 Å². The van der Waals surface area contributed by atoms with Gasteiger partial charge in [0.2, 0.25) is 5.95 Å². The van der Waals surface area contributed by atoms with Crippen molar-refractivity contribution in [2.24, 2.45) is 0 Å². The number of amides is 1. The largest absolute Gasteiger partial charge is 0.352 e. The summed E-state index contributed by atoms with van der Waals surface area (Å²) >= 11 is 0. The van der Waals surface area contributed by atoms with E-state index in [1.54, 1.807) is 24.5 Å². The van der Waals surface area contributed by atoms with E-state index in [0.29, 0.717) is 31.0 Å². The molecule has 0 fully saturated rings. The highest BCUT2D eigenvalue weighted by molar-refractivity contribution is 5.93. The maximum atomic E-state index is 12.9. The monoisotopic (exact) mass is 351 g/mol. The van der Waals surface area contributed by atoms with Crippen LogP contribution in [0.1, 0.15) is 21.5 Å². The van der Waals surface area contributed by atoms with Gasteiger partial charge in [-0.15, -0.1) is 0 Å². The first-order chi connectivity index (χ1) is 12.7. The molecule has 1 aromatic carbocycles. The fourth-order valence-electron chi connectivity index (χ4n) is 2.29. The van der Waals surface area contributed by atoms with E-state index in [0.717, 1.165) is 11.1 Å². The predicted octanol–water partition coefficient (Wildman–Crippen LogP) is 2.60. The zero-order valence-electron chi connectivity index (χ0n) is 14.0. The molecule has 132 valence electrons. The molecule has 0 bridgehead atoms. The van der Waals surface area contributed by atoms with Crippen LogP contribution in [0.15, 0.2) is 61.2 Å². The van der Waals surface area contributed by atoms with E-state index in [2.05, 4.69) is 25.6 Å². The SMILES string of the molecule is O=C(NCCc1ccc(F)cc1)c1cnc(NCc2cccnc2)nc1. The fraction of sp³-hybridized carbons (Fsp3) is 0.158. The molecule has 0 aliphatic rings. The highest BCUT2D eigenvalue weighted by Crippen LogP contribution is 2.05. The zero-order valence-corrected chi connectivity index (χ0v) is 14.0. The van der Waals surface area contributed by atoms with Crippen molar-refractivity contribution in [3.63, 3.8) is 0 Å². The number of hydrogen-bond donors (Lipinski definition) is 2. The highest BCUT2D eigenvalue weighted by Gasteiger charge is 2.07. The lowest BCUT2D eigenvalue weighted by Gasteiger charge is -2.07. The van der Waals surface area contributed by atoms with E-state index in [-0.39, 0.29) is 11.7 Å². The Morgan fingerprint density at radius 1 is 1.00 bits per heavy atom. The summed E-state index contributed by atoms with van der Waals surface area (Å²) in [5.74, 6) is -0.0743. The Morgan fingerprint density at radius 2 is 1.77 bits per heavy atom. The number of nitrogens with zero attached hydrogens (tertiary/aromatic N) is 3. The van der Waals surface area contributed by atoms with Gasteiger partial charge in [0, 0.05) is 37.9 Å². The van der Waals surface area contributed by atoms with Crippen LogP contribution in [0.5, 0.6) is 0 Å². The van der Waals surface area contributed by atoms with Crippen molar-refractivity contribution >= 4 is 11.9 Å². The summed E-state index contributed by atoms with van der Waals surface area (Å²) in [4.78, 5) is 24.4. The summed E-state index contributed by atoms with van der Waals surface area (Å²) < 4.78 is 12.9. The summed E-state index contributed by atoms with van der Waals surface area (Å²) in [5.41, 5.74) is 2.35. The van der Waals surface area contributed by atoms with E-state index in [9.17, 15) is 9.18 Å². The Hall–Kier alpha value is -3.35. The average Bonchev–Trinajstić information content (AvgIpc) is 2.69. The molecule has 3 aromatic rings. The highest BCUT2D eigenvalue weighted by atomic mass is 19.1. The van der Waals surface area contributed by atoms with Gasteiger partial charge in [-0.25, -0.2) is 14.4 Å². The number of hydrogen-bond acceptors (Lipinski definition) is 5. The van der Waals surface area contributed by atoms with E-state index in [1.807, 2.05) is 12.1 Å². The smallest absolute Gasteiger partial charge is 0.254 e. The topological polar surface area (TPSA) is 79.8 Å². The Balaban J connectivity index is 1.46. The van der Waals surface area contributed by atoms with Gasteiger partial charge >= 0.3 is 0 Å². The molecule has 6 nitrogen and oxygen atoms in total. The van der Waals surface area contributed by atoms with Gasteiger partial charge in [0.05, 0.1) is 5.56 Å². The van der Waals surface area contributed by atoms with Gasteiger partial charge in [-0.3, -0.25) is 9.78 Å². The molecule has 0 atom stereocenters. The van der Waals surface area contributed by atoms with Crippen LogP contribution >= 0.6 is 0 Å². The number of carbonyl (C=O) groups is 1. The molecule has 0 spiro atoms. The second-order valence-corrected chi connectivity index (χ2v) is 5.64. The molecule has 2 N–H and O–H groups in total. The molecule has 7 heteroatoms. The molecule has 0 saturated heterocycles. The van der Waals surface area contributed by atoms with Crippen LogP contribution in [-0.2, 0) is 13.0 Å². The number of anilines is 1. The number of pyridine rings is 1. The lowest BCUT2D eigenvalue weighted by Crippen LogP contribution is -2.26. The molecule has 0 aliphatic heterocycles. The third-order valence-electron chi connectivity index (χ3n) is 3.70. The van der Waals surface area contributed by atoms with Crippen LogP contribution in [0.4, 0.5) is 10.3 Å². The number of benzene rings is 1. The molecule has 0 saturated carbocycles. The van der Waals surface area contributed by atoms with Gasteiger partial charge in [-0.05, 0) is 35.7 Å². The number of halogens is 1. The summed E-state index contributed by atoms with van der Waals surface area (Å²) in [6.45, 7) is 1.00. The van der Waals surface area contributed by atoms with Gasteiger partial charge in [-0.2, -0.15) is 0 Å².